The molecule has 0 aromatic rings. The van der Waals surface area contributed by atoms with Gasteiger partial charge in [-0.1, -0.05) is 6.58 Å². The molecule has 5 heteroatoms. The Hall–Kier alpha value is -1.13. The fourth-order valence-electron chi connectivity index (χ4n) is 0.809. The highest BCUT2D eigenvalue weighted by Crippen LogP contribution is 2.48. The van der Waals surface area contributed by atoms with E-state index in [2.05, 4.69) is 16.6 Å². The maximum Gasteiger partial charge on any atom is 0.255 e. The van der Waals surface area contributed by atoms with Crippen molar-refractivity contribution in [1.29, 1.82) is 0 Å². The fraction of sp³-hybridized carbons (Fsp3) is 0.625. The molecule has 0 saturated heterocycles. The van der Waals surface area contributed by atoms with Crippen LogP contribution in [0.1, 0.15) is 13.3 Å². The average Bonchev–Trinajstić information content (AvgIpc) is 2.67. The normalized spacial score (nSPS) is 25.2. The molecular formula is C8H11F2NO2. The smallest absolute Gasteiger partial charge is 0.255 e. The van der Waals surface area contributed by atoms with Crippen molar-refractivity contribution in [2.45, 2.75) is 19.3 Å². The molecule has 13 heavy (non-hydrogen) atoms. The molecule has 0 amide bonds. The number of oxime groups is 1. The highest BCUT2D eigenvalue weighted by Gasteiger charge is 2.57. The van der Waals surface area contributed by atoms with E-state index in [0.717, 1.165) is 6.26 Å². The van der Waals surface area contributed by atoms with E-state index in [1.807, 2.05) is 0 Å². The molecule has 0 heterocycles. The summed E-state index contributed by atoms with van der Waals surface area (Å²) < 4.78 is 29.6. The Balaban J connectivity index is 2.16. The number of rotatable bonds is 4. The zero-order chi connectivity index (χ0) is 9.90. The molecule has 0 N–H and O–H groups in total. The van der Waals surface area contributed by atoms with Crippen LogP contribution in [0.25, 0.3) is 0 Å². The van der Waals surface area contributed by atoms with Crippen LogP contribution >= 0.6 is 0 Å². The van der Waals surface area contributed by atoms with Crippen molar-refractivity contribution in [3.63, 3.8) is 0 Å². The van der Waals surface area contributed by atoms with E-state index in [1.165, 1.54) is 6.92 Å². The summed E-state index contributed by atoms with van der Waals surface area (Å²) in [5, 5.41) is 3.42. The molecule has 0 bridgehead atoms. The summed E-state index contributed by atoms with van der Waals surface area (Å²) >= 11 is 0. The number of hydrogen-bond donors (Lipinski definition) is 0. The van der Waals surface area contributed by atoms with E-state index in [0.29, 0.717) is 0 Å². The average molecular weight is 191 g/mol. The summed E-state index contributed by atoms with van der Waals surface area (Å²) in [5.74, 6) is -2.98. The van der Waals surface area contributed by atoms with Crippen molar-refractivity contribution in [2.75, 3.05) is 6.61 Å². The molecule has 0 aromatic heterocycles. The van der Waals surface area contributed by atoms with Gasteiger partial charge in [0, 0.05) is 13.3 Å². The maximum atomic E-state index is 12.3. The first-order valence-electron chi connectivity index (χ1n) is 3.88. The molecule has 1 aliphatic carbocycles. The zero-order valence-electron chi connectivity index (χ0n) is 7.30. The Morgan fingerprint density at radius 2 is 2.38 bits per heavy atom. The summed E-state index contributed by atoms with van der Waals surface area (Å²) in [6, 6.07) is 0. The number of nitrogens with zero attached hydrogens (tertiary/aromatic N) is 1. The first-order chi connectivity index (χ1) is 6.06. The van der Waals surface area contributed by atoms with Gasteiger partial charge in [-0.3, -0.25) is 0 Å². The van der Waals surface area contributed by atoms with E-state index in [9.17, 15) is 8.78 Å². The molecule has 1 aliphatic rings. The van der Waals surface area contributed by atoms with Crippen molar-refractivity contribution in [3.8, 4) is 0 Å². The Kier molecular flexibility index (Phi) is 2.85. The van der Waals surface area contributed by atoms with Crippen LogP contribution < -0.4 is 0 Å². The quantitative estimate of drug-likeness (QED) is 0.295. The van der Waals surface area contributed by atoms with Crippen LogP contribution in [0, 0.1) is 5.92 Å². The predicted molar refractivity (Wildman–Crippen MR) is 43.4 cm³/mol. The van der Waals surface area contributed by atoms with Crippen molar-refractivity contribution in [1.82, 2.24) is 0 Å². The number of alkyl halides is 2. The molecule has 0 aliphatic heterocycles. The summed E-state index contributed by atoms with van der Waals surface area (Å²) in [5.41, 5.74) is 0. The first-order valence-corrected chi connectivity index (χ1v) is 3.88. The predicted octanol–water partition coefficient (Wildman–Crippen LogP) is 2.15. The van der Waals surface area contributed by atoms with Crippen LogP contribution in [-0.2, 0) is 9.57 Å². The van der Waals surface area contributed by atoms with E-state index >= 15 is 0 Å². The second-order valence-corrected chi connectivity index (χ2v) is 2.86. The molecule has 1 rings (SSSR count). The van der Waals surface area contributed by atoms with Crippen molar-refractivity contribution >= 4 is 5.90 Å². The summed E-state index contributed by atoms with van der Waals surface area (Å²) in [6.07, 6.45) is 1.03. The van der Waals surface area contributed by atoms with Gasteiger partial charge in [-0.15, -0.1) is 0 Å². The van der Waals surface area contributed by atoms with Gasteiger partial charge in [0.2, 0.25) is 5.90 Å². The monoisotopic (exact) mass is 191 g/mol. The summed E-state index contributed by atoms with van der Waals surface area (Å²) in [6.45, 7) is 4.78. The fourth-order valence-corrected chi connectivity index (χ4v) is 0.809. The van der Waals surface area contributed by atoms with Crippen molar-refractivity contribution < 1.29 is 18.4 Å². The van der Waals surface area contributed by atoms with Crippen molar-refractivity contribution in [2.24, 2.45) is 11.1 Å². The maximum absolute atomic E-state index is 12.3. The lowest BCUT2D eigenvalue weighted by Crippen LogP contribution is -2.07. The minimum Gasteiger partial charge on any atom is -0.478 e. The van der Waals surface area contributed by atoms with E-state index in [4.69, 9.17) is 4.74 Å². The standard InChI is InChI=1S/C8H11F2NO2/c1-3-13-11-6(2)12-5-7-4-8(7,9)10/h3,7H,1,4-5H2,2H3/b11-6+. The van der Waals surface area contributed by atoms with Crippen LogP contribution in [0.5, 0.6) is 0 Å². The molecule has 1 unspecified atom stereocenters. The molecule has 74 valence electrons. The molecule has 3 nitrogen and oxygen atoms in total. The van der Waals surface area contributed by atoms with E-state index < -0.39 is 11.8 Å². The second kappa shape index (κ2) is 3.72. The molecule has 0 radical (unpaired) electrons. The van der Waals surface area contributed by atoms with E-state index in [1.54, 1.807) is 0 Å². The zero-order valence-corrected chi connectivity index (χ0v) is 7.30. The Bertz CT molecular complexity index is 228. The highest BCUT2D eigenvalue weighted by molar-refractivity contribution is 5.72. The third-order valence-electron chi connectivity index (χ3n) is 1.70. The molecule has 1 atom stereocenters. The van der Waals surface area contributed by atoms with Gasteiger partial charge in [0.1, 0.15) is 6.26 Å². The van der Waals surface area contributed by atoms with Gasteiger partial charge in [-0.2, -0.15) is 0 Å². The third kappa shape index (κ3) is 3.01. The topological polar surface area (TPSA) is 30.8 Å². The van der Waals surface area contributed by atoms with Gasteiger partial charge < -0.3 is 9.57 Å². The molecule has 0 spiro atoms. The third-order valence-corrected chi connectivity index (χ3v) is 1.70. The SMILES string of the molecule is C=CO/N=C(\C)OCC1CC1(F)F. The highest BCUT2D eigenvalue weighted by atomic mass is 19.3. The number of hydrogen-bond acceptors (Lipinski definition) is 3. The first kappa shape index (κ1) is 9.95. The van der Waals surface area contributed by atoms with Crippen LogP contribution in [-0.4, -0.2) is 18.4 Å². The minimum atomic E-state index is -2.54. The minimum absolute atomic E-state index is 0.0111. The van der Waals surface area contributed by atoms with Gasteiger partial charge in [-0.25, -0.2) is 8.78 Å². The largest absolute Gasteiger partial charge is 0.478 e. The lowest BCUT2D eigenvalue weighted by Gasteiger charge is -2.02. The van der Waals surface area contributed by atoms with Crippen molar-refractivity contribution in [3.05, 3.63) is 12.8 Å². The van der Waals surface area contributed by atoms with Gasteiger partial charge in [0.15, 0.2) is 0 Å². The van der Waals surface area contributed by atoms with Crippen LogP contribution in [0.3, 0.4) is 0 Å². The lowest BCUT2D eigenvalue weighted by molar-refractivity contribution is 0.0827. The lowest BCUT2D eigenvalue weighted by atomic mass is 10.4. The summed E-state index contributed by atoms with van der Waals surface area (Å²) in [4.78, 5) is 4.44. The Morgan fingerprint density at radius 3 is 2.85 bits per heavy atom. The van der Waals surface area contributed by atoms with Crippen LogP contribution in [0.15, 0.2) is 18.0 Å². The Labute approximate surface area is 75.0 Å². The van der Waals surface area contributed by atoms with Crippen LogP contribution in [0.4, 0.5) is 8.78 Å². The van der Waals surface area contributed by atoms with E-state index in [-0.39, 0.29) is 18.9 Å². The van der Waals surface area contributed by atoms with Gasteiger partial charge in [0.25, 0.3) is 5.92 Å². The summed E-state index contributed by atoms with van der Waals surface area (Å²) in [7, 11) is 0. The van der Waals surface area contributed by atoms with Gasteiger partial charge in [-0.05, 0) is 5.16 Å². The molecule has 0 aromatic carbocycles. The molecule has 1 saturated carbocycles. The second-order valence-electron chi connectivity index (χ2n) is 2.86. The number of ether oxygens (including phenoxy) is 1. The van der Waals surface area contributed by atoms with Crippen LogP contribution in [0.2, 0.25) is 0 Å². The molecule has 1 fully saturated rings. The van der Waals surface area contributed by atoms with Gasteiger partial charge in [0.05, 0.1) is 12.5 Å². The van der Waals surface area contributed by atoms with Gasteiger partial charge >= 0.3 is 0 Å². The number of halogens is 2. The molecular weight excluding hydrogens is 180 g/mol. The Morgan fingerprint density at radius 1 is 1.77 bits per heavy atom.